The van der Waals surface area contributed by atoms with Gasteiger partial charge in [-0.05, 0) is 19.4 Å². The second-order valence-electron chi connectivity index (χ2n) is 3.71. The molecule has 0 aliphatic heterocycles. The minimum atomic E-state index is -4.87. The van der Waals surface area contributed by atoms with Crippen LogP contribution in [0.3, 0.4) is 0 Å². The SMILES string of the molecule is O=C(O)C(CNCCCCC(F)(F)F)C(F)(F)F. The summed E-state index contributed by atoms with van der Waals surface area (Å²) in [5.41, 5.74) is 0. The van der Waals surface area contributed by atoms with Gasteiger partial charge in [-0.15, -0.1) is 0 Å². The molecular weight excluding hydrogens is 268 g/mol. The van der Waals surface area contributed by atoms with Crippen LogP contribution in [-0.2, 0) is 4.79 Å². The molecule has 0 heterocycles. The first-order chi connectivity index (χ1) is 8.04. The molecule has 0 aliphatic carbocycles. The van der Waals surface area contributed by atoms with Gasteiger partial charge in [-0.3, -0.25) is 4.79 Å². The Morgan fingerprint density at radius 1 is 1.11 bits per heavy atom. The van der Waals surface area contributed by atoms with E-state index in [0.29, 0.717) is 0 Å². The Balaban J connectivity index is 3.79. The zero-order valence-electron chi connectivity index (χ0n) is 9.24. The van der Waals surface area contributed by atoms with Crippen LogP contribution in [-0.4, -0.2) is 36.5 Å². The fraction of sp³-hybridized carbons (Fsp3) is 0.889. The second kappa shape index (κ2) is 6.81. The van der Waals surface area contributed by atoms with Crippen LogP contribution in [0.5, 0.6) is 0 Å². The molecule has 0 fully saturated rings. The highest BCUT2D eigenvalue weighted by Crippen LogP contribution is 2.26. The maximum Gasteiger partial charge on any atom is 0.403 e. The Hall–Kier alpha value is -0.990. The van der Waals surface area contributed by atoms with Crippen molar-refractivity contribution in [2.45, 2.75) is 31.6 Å². The molecule has 0 bridgehead atoms. The molecule has 0 aromatic carbocycles. The minimum Gasteiger partial charge on any atom is -0.481 e. The lowest BCUT2D eigenvalue weighted by Gasteiger charge is -2.16. The van der Waals surface area contributed by atoms with Gasteiger partial charge >= 0.3 is 18.3 Å². The highest BCUT2D eigenvalue weighted by Gasteiger charge is 2.44. The van der Waals surface area contributed by atoms with E-state index in [4.69, 9.17) is 5.11 Å². The van der Waals surface area contributed by atoms with Gasteiger partial charge in [0.05, 0.1) is 0 Å². The van der Waals surface area contributed by atoms with Crippen molar-refractivity contribution in [3.8, 4) is 0 Å². The molecule has 1 atom stereocenters. The molecule has 0 saturated carbocycles. The summed E-state index contributed by atoms with van der Waals surface area (Å²) >= 11 is 0. The normalized spacial score (nSPS) is 14.6. The molecule has 0 rings (SSSR count). The zero-order chi connectivity index (χ0) is 14.4. The standard InChI is InChI=1S/C9H13F6NO2/c10-8(11,12)3-1-2-4-16-5-6(7(17)18)9(13,14)15/h6,16H,1-5H2,(H,17,18). The first kappa shape index (κ1) is 17.0. The number of alkyl halides is 6. The van der Waals surface area contributed by atoms with Crippen molar-refractivity contribution in [2.24, 2.45) is 5.92 Å². The summed E-state index contributed by atoms with van der Waals surface area (Å²) < 4.78 is 71.5. The van der Waals surface area contributed by atoms with Gasteiger partial charge < -0.3 is 10.4 Å². The van der Waals surface area contributed by atoms with Gasteiger partial charge in [0.1, 0.15) is 0 Å². The molecule has 0 amide bonds. The number of carboxylic acid groups (broad SMARTS) is 1. The molecule has 0 aromatic rings. The number of carboxylic acids is 1. The molecule has 0 saturated heterocycles. The van der Waals surface area contributed by atoms with E-state index in [2.05, 4.69) is 5.32 Å². The average Bonchev–Trinajstić information content (AvgIpc) is 2.11. The first-order valence-electron chi connectivity index (χ1n) is 5.11. The topological polar surface area (TPSA) is 49.3 Å². The van der Waals surface area contributed by atoms with E-state index in [-0.39, 0.29) is 19.4 Å². The smallest absolute Gasteiger partial charge is 0.403 e. The van der Waals surface area contributed by atoms with Crippen LogP contribution in [0, 0.1) is 5.92 Å². The fourth-order valence-electron chi connectivity index (χ4n) is 1.16. The van der Waals surface area contributed by atoms with Gasteiger partial charge in [-0.2, -0.15) is 26.3 Å². The summed E-state index contributed by atoms with van der Waals surface area (Å²) in [6, 6.07) is 0. The van der Waals surface area contributed by atoms with Crippen molar-refractivity contribution in [2.75, 3.05) is 13.1 Å². The molecule has 108 valence electrons. The predicted molar refractivity (Wildman–Crippen MR) is 50.0 cm³/mol. The van der Waals surface area contributed by atoms with Crippen LogP contribution >= 0.6 is 0 Å². The van der Waals surface area contributed by atoms with Gasteiger partial charge in [0.15, 0.2) is 5.92 Å². The molecule has 3 nitrogen and oxygen atoms in total. The predicted octanol–water partition coefficient (Wildman–Crippen LogP) is 2.57. The van der Waals surface area contributed by atoms with E-state index in [9.17, 15) is 31.1 Å². The van der Waals surface area contributed by atoms with Gasteiger partial charge in [-0.1, -0.05) is 0 Å². The second-order valence-corrected chi connectivity index (χ2v) is 3.71. The summed E-state index contributed by atoms with van der Waals surface area (Å²) in [4.78, 5) is 10.3. The molecule has 9 heteroatoms. The summed E-state index contributed by atoms with van der Waals surface area (Å²) in [5.74, 6) is -4.55. The Labute approximate surface area is 99.2 Å². The Morgan fingerprint density at radius 3 is 2.06 bits per heavy atom. The summed E-state index contributed by atoms with van der Waals surface area (Å²) in [6.45, 7) is -0.930. The third kappa shape index (κ3) is 8.15. The number of rotatable bonds is 7. The van der Waals surface area contributed by atoms with Crippen molar-refractivity contribution in [1.29, 1.82) is 0 Å². The first-order valence-corrected chi connectivity index (χ1v) is 5.11. The summed E-state index contributed by atoms with van der Waals surface area (Å²) in [6.07, 6.45) is -10.3. The summed E-state index contributed by atoms with van der Waals surface area (Å²) in [7, 11) is 0. The van der Waals surface area contributed by atoms with Crippen LogP contribution in [0.25, 0.3) is 0 Å². The van der Waals surface area contributed by atoms with E-state index in [0.717, 1.165) is 0 Å². The van der Waals surface area contributed by atoms with Gasteiger partial charge in [-0.25, -0.2) is 0 Å². The van der Waals surface area contributed by atoms with Crippen LogP contribution in [0.2, 0.25) is 0 Å². The minimum absolute atomic E-state index is 0.0315. The lowest BCUT2D eigenvalue weighted by Crippen LogP contribution is -2.39. The van der Waals surface area contributed by atoms with Crippen molar-refractivity contribution in [3.05, 3.63) is 0 Å². The molecule has 0 spiro atoms. The summed E-state index contributed by atoms with van der Waals surface area (Å²) in [5, 5.41) is 10.5. The monoisotopic (exact) mass is 281 g/mol. The number of nitrogens with one attached hydrogen (secondary N) is 1. The quantitative estimate of drug-likeness (QED) is 0.557. The van der Waals surface area contributed by atoms with E-state index in [1.807, 2.05) is 0 Å². The number of carbonyl (C=O) groups is 1. The zero-order valence-corrected chi connectivity index (χ0v) is 9.24. The van der Waals surface area contributed by atoms with Crippen molar-refractivity contribution >= 4 is 5.97 Å². The lowest BCUT2D eigenvalue weighted by atomic mass is 10.1. The van der Waals surface area contributed by atoms with E-state index in [1.165, 1.54) is 0 Å². The molecule has 0 radical (unpaired) electrons. The largest absolute Gasteiger partial charge is 0.481 e. The molecule has 2 N–H and O–H groups in total. The number of hydrogen-bond donors (Lipinski definition) is 2. The highest BCUT2D eigenvalue weighted by atomic mass is 19.4. The average molecular weight is 281 g/mol. The van der Waals surface area contributed by atoms with Gasteiger partial charge in [0, 0.05) is 13.0 Å². The number of hydrogen-bond acceptors (Lipinski definition) is 2. The van der Waals surface area contributed by atoms with Crippen LogP contribution in [0.15, 0.2) is 0 Å². The molecular formula is C9H13F6NO2. The van der Waals surface area contributed by atoms with Gasteiger partial charge in [0.2, 0.25) is 0 Å². The Kier molecular flexibility index (Phi) is 6.44. The van der Waals surface area contributed by atoms with E-state index >= 15 is 0 Å². The third-order valence-electron chi connectivity index (χ3n) is 2.11. The lowest BCUT2D eigenvalue weighted by molar-refractivity contribution is -0.192. The molecule has 1 unspecified atom stereocenters. The maximum atomic E-state index is 12.1. The molecule has 0 aromatic heterocycles. The van der Waals surface area contributed by atoms with Crippen molar-refractivity contribution in [1.82, 2.24) is 5.32 Å². The molecule has 18 heavy (non-hydrogen) atoms. The van der Waals surface area contributed by atoms with Gasteiger partial charge in [0.25, 0.3) is 0 Å². The number of unbranched alkanes of at least 4 members (excludes halogenated alkanes) is 1. The van der Waals surface area contributed by atoms with E-state index < -0.39 is 37.2 Å². The number of aliphatic carboxylic acids is 1. The maximum absolute atomic E-state index is 12.1. The highest BCUT2D eigenvalue weighted by molar-refractivity contribution is 5.71. The van der Waals surface area contributed by atoms with Crippen molar-refractivity contribution < 1.29 is 36.2 Å². The Morgan fingerprint density at radius 2 is 1.67 bits per heavy atom. The van der Waals surface area contributed by atoms with Crippen LogP contribution < -0.4 is 5.32 Å². The number of halogens is 6. The third-order valence-corrected chi connectivity index (χ3v) is 2.11. The molecule has 0 aliphatic rings. The fourth-order valence-corrected chi connectivity index (χ4v) is 1.16. The van der Waals surface area contributed by atoms with Crippen LogP contribution in [0.4, 0.5) is 26.3 Å². The van der Waals surface area contributed by atoms with Crippen molar-refractivity contribution in [3.63, 3.8) is 0 Å². The van der Waals surface area contributed by atoms with Crippen LogP contribution in [0.1, 0.15) is 19.3 Å². The Bertz CT molecular complexity index is 263. The van der Waals surface area contributed by atoms with E-state index in [1.54, 1.807) is 0 Å².